The molecule has 0 N–H and O–H groups in total. The lowest BCUT2D eigenvalue weighted by Gasteiger charge is -2.41. The van der Waals surface area contributed by atoms with Crippen LogP contribution in [-0.4, -0.2) is 9.55 Å². The van der Waals surface area contributed by atoms with Crippen molar-refractivity contribution >= 4 is 34.2 Å². The van der Waals surface area contributed by atoms with E-state index in [0.717, 1.165) is 24.2 Å². The van der Waals surface area contributed by atoms with Crippen molar-refractivity contribution in [1.29, 1.82) is 0 Å². The minimum atomic E-state index is -0.408. The Kier molecular flexibility index (Phi) is 2.79. The summed E-state index contributed by atoms with van der Waals surface area (Å²) >= 11 is 11.8. The molecule has 1 saturated carbocycles. The van der Waals surface area contributed by atoms with Crippen LogP contribution in [0.15, 0.2) is 12.1 Å². The summed E-state index contributed by atoms with van der Waals surface area (Å²) in [6.45, 7) is 2.17. The molecule has 1 aliphatic rings. The van der Waals surface area contributed by atoms with Gasteiger partial charge in [-0.05, 0) is 32.3 Å². The molecule has 0 radical (unpaired) electrons. The Hall–Kier alpha value is -0.800. The molecular formula is C13H13Cl2FN2. The predicted molar refractivity (Wildman–Crippen MR) is 71.8 cm³/mol. The van der Waals surface area contributed by atoms with Crippen molar-refractivity contribution in [3.05, 3.63) is 28.8 Å². The van der Waals surface area contributed by atoms with E-state index in [-0.39, 0.29) is 10.6 Å². The van der Waals surface area contributed by atoms with Crippen molar-refractivity contribution in [2.75, 3.05) is 0 Å². The normalized spacial score (nSPS) is 18.0. The van der Waals surface area contributed by atoms with Gasteiger partial charge in [0, 0.05) is 11.6 Å². The van der Waals surface area contributed by atoms with Gasteiger partial charge in [-0.1, -0.05) is 11.6 Å². The Morgan fingerprint density at radius 1 is 1.44 bits per heavy atom. The highest BCUT2D eigenvalue weighted by molar-refractivity contribution is 6.31. The molecule has 96 valence electrons. The number of imidazole rings is 1. The molecule has 1 aliphatic carbocycles. The third kappa shape index (κ3) is 1.64. The minimum Gasteiger partial charge on any atom is -0.321 e. The van der Waals surface area contributed by atoms with Crippen LogP contribution >= 0.6 is 23.2 Å². The second kappa shape index (κ2) is 4.10. The number of nitrogens with zero attached hydrogens (tertiary/aromatic N) is 2. The summed E-state index contributed by atoms with van der Waals surface area (Å²) in [6.07, 6.45) is 3.34. The summed E-state index contributed by atoms with van der Waals surface area (Å²) in [6, 6.07) is 3.03. The number of fused-ring (bicyclic) bond motifs is 1. The van der Waals surface area contributed by atoms with E-state index in [0.29, 0.717) is 11.4 Å². The van der Waals surface area contributed by atoms with Crippen LogP contribution in [0.4, 0.5) is 4.39 Å². The first-order chi connectivity index (χ1) is 8.55. The van der Waals surface area contributed by atoms with Gasteiger partial charge in [0.05, 0.1) is 21.9 Å². The standard InChI is InChI=1S/C13H13Cl2FN2/c1-13(3-2-4-13)18-11-6-9(16)8(15)5-10(11)17-12(18)7-14/h5-6H,2-4,7H2,1H3. The molecule has 1 heterocycles. The van der Waals surface area contributed by atoms with Gasteiger partial charge in [0.2, 0.25) is 0 Å². The molecule has 2 aromatic rings. The average molecular weight is 287 g/mol. The first kappa shape index (κ1) is 12.2. The lowest BCUT2D eigenvalue weighted by atomic mass is 9.78. The van der Waals surface area contributed by atoms with Crippen molar-refractivity contribution in [1.82, 2.24) is 9.55 Å². The van der Waals surface area contributed by atoms with Crippen molar-refractivity contribution in [3.63, 3.8) is 0 Å². The molecular weight excluding hydrogens is 274 g/mol. The Morgan fingerprint density at radius 3 is 2.72 bits per heavy atom. The van der Waals surface area contributed by atoms with Crippen LogP contribution in [0.2, 0.25) is 5.02 Å². The summed E-state index contributed by atoms with van der Waals surface area (Å²) in [4.78, 5) is 4.46. The quantitative estimate of drug-likeness (QED) is 0.745. The van der Waals surface area contributed by atoms with E-state index in [4.69, 9.17) is 23.2 Å². The molecule has 0 atom stereocenters. The molecule has 0 aliphatic heterocycles. The lowest BCUT2D eigenvalue weighted by molar-refractivity contribution is 0.170. The molecule has 1 fully saturated rings. The van der Waals surface area contributed by atoms with E-state index >= 15 is 0 Å². The Bertz CT molecular complexity index is 617. The van der Waals surface area contributed by atoms with E-state index in [1.165, 1.54) is 12.5 Å². The molecule has 0 saturated heterocycles. The molecule has 0 bridgehead atoms. The number of halogens is 3. The molecule has 1 aromatic heterocycles. The molecule has 0 amide bonds. The van der Waals surface area contributed by atoms with Crippen LogP contribution in [0.3, 0.4) is 0 Å². The highest BCUT2D eigenvalue weighted by atomic mass is 35.5. The first-order valence-corrected chi connectivity index (χ1v) is 6.89. The average Bonchev–Trinajstić information content (AvgIpc) is 2.65. The van der Waals surface area contributed by atoms with Gasteiger partial charge < -0.3 is 4.57 Å². The molecule has 0 unspecified atom stereocenters. The number of hydrogen-bond donors (Lipinski definition) is 0. The highest BCUT2D eigenvalue weighted by Crippen LogP contribution is 2.42. The van der Waals surface area contributed by atoms with Gasteiger partial charge in [0.25, 0.3) is 0 Å². The number of hydrogen-bond acceptors (Lipinski definition) is 1. The number of alkyl halides is 1. The van der Waals surface area contributed by atoms with E-state index in [2.05, 4.69) is 16.5 Å². The molecule has 18 heavy (non-hydrogen) atoms. The van der Waals surface area contributed by atoms with Gasteiger partial charge >= 0.3 is 0 Å². The minimum absolute atomic E-state index is 0.0131. The molecule has 0 spiro atoms. The monoisotopic (exact) mass is 286 g/mol. The van der Waals surface area contributed by atoms with Gasteiger partial charge in [-0.15, -0.1) is 11.6 Å². The zero-order valence-electron chi connectivity index (χ0n) is 10.0. The molecule has 1 aromatic carbocycles. The third-order valence-corrected chi connectivity index (χ3v) is 4.38. The third-order valence-electron chi connectivity index (χ3n) is 3.86. The largest absolute Gasteiger partial charge is 0.321 e. The zero-order valence-corrected chi connectivity index (χ0v) is 11.5. The molecule has 5 heteroatoms. The van der Waals surface area contributed by atoms with Crippen LogP contribution in [0, 0.1) is 5.82 Å². The van der Waals surface area contributed by atoms with Crippen molar-refractivity contribution in [3.8, 4) is 0 Å². The molecule has 2 nitrogen and oxygen atoms in total. The number of aromatic nitrogens is 2. The summed E-state index contributed by atoms with van der Waals surface area (Å²) in [5, 5.41) is 0.104. The van der Waals surface area contributed by atoms with Crippen molar-refractivity contribution in [2.24, 2.45) is 0 Å². The second-order valence-corrected chi connectivity index (χ2v) is 5.78. The number of rotatable bonds is 2. The fourth-order valence-corrected chi connectivity index (χ4v) is 3.06. The van der Waals surface area contributed by atoms with Crippen LogP contribution in [0.25, 0.3) is 11.0 Å². The predicted octanol–water partition coefficient (Wildman–Crippen LogP) is 4.47. The van der Waals surface area contributed by atoms with Gasteiger partial charge in [0.1, 0.15) is 11.6 Å². The van der Waals surface area contributed by atoms with Crippen LogP contribution in [0.1, 0.15) is 32.0 Å². The fourth-order valence-electron chi connectivity index (χ4n) is 2.73. The van der Waals surface area contributed by atoms with Crippen molar-refractivity contribution < 1.29 is 4.39 Å². The Labute approximate surface area is 115 Å². The zero-order chi connectivity index (χ0) is 12.9. The van der Waals surface area contributed by atoms with E-state index in [9.17, 15) is 4.39 Å². The topological polar surface area (TPSA) is 17.8 Å². The lowest BCUT2D eigenvalue weighted by Crippen LogP contribution is -2.38. The maximum atomic E-state index is 13.6. The summed E-state index contributed by atoms with van der Waals surface area (Å²) in [5.41, 5.74) is 1.51. The maximum absolute atomic E-state index is 13.6. The van der Waals surface area contributed by atoms with E-state index in [1.807, 2.05) is 0 Å². The Morgan fingerprint density at radius 2 is 2.17 bits per heavy atom. The second-order valence-electron chi connectivity index (χ2n) is 5.10. The van der Waals surface area contributed by atoms with Crippen molar-refractivity contribution in [2.45, 2.75) is 37.6 Å². The summed E-state index contributed by atoms with van der Waals surface area (Å²) in [7, 11) is 0. The summed E-state index contributed by atoms with van der Waals surface area (Å²) in [5.74, 6) is 0.702. The van der Waals surface area contributed by atoms with Crippen LogP contribution < -0.4 is 0 Å². The number of benzene rings is 1. The maximum Gasteiger partial charge on any atom is 0.144 e. The van der Waals surface area contributed by atoms with Gasteiger partial charge in [-0.3, -0.25) is 0 Å². The van der Waals surface area contributed by atoms with Gasteiger partial charge in [-0.2, -0.15) is 0 Å². The Balaban J connectivity index is 2.30. The van der Waals surface area contributed by atoms with Crippen LogP contribution in [-0.2, 0) is 11.4 Å². The SMILES string of the molecule is CC1(n2c(CCl)nc3cc(Cl)c(F)cc32)CCC1. The molecule has 3 rings (SSSR count). The van der Waals surface area contributed by atoms with E-state index < -0.39 is 5.82 Å². The smallest absolute Gasteiger partial charge is 0.144 e. The fraction of sp³-hybridized carbons (Fsp3) is 0.462. The van der Waals surface area contributed by atoms with Gasteiger partial charge in [-0.25, -0.2) is 9.37 Å². The first-order valence-electron chi connectivity index (χ1n) is 5.98. The van der Waals surface area contributed by atoms with E-state index in [1.54, 1.807) is 6.07 Å². The van der Waals surface area contributed by atoms with Gasteiger partial charge in [0.15, 0.2) is 0 Å². The van der Waals surface area contributed by atoms with Crippen LogP contribution in [0.5, 0.6) is 0 Å². The highest BCUT2D eigenvalue weighted by Gasteiger charge is 2.36. The summed E-state index contributed by atoms with van der Waals surface area (Å²) < 4.78 is 15.7.